The summed E-state index contributed by atoms with van der Waals surface area (Å²) in [5.74, 6) is 1.34. The van der Waals surface area contributed by atoms with Crippen LogP contribution in [0, 0.1) is 6.92 Å². The second-order valence-corrected chi connectivity index (χ2v) is 5.91. The number of benzene rings is 1. The van der Waals surface area contributed by atoms with Gasteiger partial charge in [-0.1, -0.05) is 11.6 Å². The first kappa shape index (κ1) is 16.3. The Kier molecular flexibility index (Phi) is 4.66. The smallest absolute Gasteiger partial charge is 0.315 e. The zero-order valence-corrected chi connectivity index (χ0v) is 14.1. The van der Waals surface area contributed by atoms with E-state index in [0.717, 1.165) is 16.7 Å². The van der Waals surface area contributed by atoms with Gasteiger partial charge in [-0.05, 0) is 44.2 Å². The van der Waals surface area contributed by atoms with Gasteiger partial charge in [0.25, 0.3) is 0 Å². The van der Waals surface area contributed by atoms with Gasteiger partial charge in [-0.2, -0.15) is 0 Å². The van der Waals surface area contributed by atoms with Gasteiger partial charge in [0.05, 0.1) is 18.3 Å². The lowest BCUT2D eigenvalue weighted by Gasteiger charge is -2.12. The predicted octanol–water partition coefficient (Wildman–Crippen LogP) is 3.75. The summed E-state index contributed by atoms with van der Waals surface area (Å²) in [6.45, 7) is 3.99. The lowest BCUT2D eigenvalue weighted by molar-refractivity contribution is 0.236. The summed E-state index contributed by atoms with van der Waals surface area (Å²) in [6, 6.07) is 8.48. The third-order valence-corrected chi connectivity index (χ3v) is 3.77. The van der Waals surface area contributed by atoms with Crippen molar-refractivity contribution in [2.24, 2.45) is 0 Å². The van der Waals surface area contributed by atoms with E-state index < -0.39 is 0 Å². The Hall–Kier alpha value is -2.60. The first-order valence-electron chi connectivity index (χ1n) is 7.53. The molecule has 3 rings (SSSR count). The van der Waals surface area contributed by atoms with E-state index in [0.29, 0.717) is 23.2 Å². The molecular weight excluding hydrogens is 328 g/mol. The highest BCUT2D eigenvalue weighted by atomic mass is 35.5. The minimum Gasteiger partial charge on any atom is -0.459 e. The SMILES string of the molecule is Cc1nccc(CNC(=O)NC(C)c2cc3cc(Cl)ccc3o2)n1. The Morgan fingerprint density at radius 2 is 2.17 bits per heavy atom. The number of urea groups is 1. The number of hydrogen-bond acceptors (Lipinski definition) is 4. The maximum atomic E-state index is 12.0. The van der Waals surface area contributed by atoms with Crippen molar-refractivity contribution in [2.45, 2.75) is 26.4 Å². The summed E-state index contributed by atoms with van der Waals surface area (Å²) in [5, 5.41) is 7.16. The molecule has 1 unspecified atom stereocenters. The minimum absolute atomic E-state index is 0.275. The van der Waals surface area contributed by atoms with E-state index in [1.807, 2.05) is 25.1 Å². The van der Waals surface area contributed by atoms with Gasteiger partial charge in [0.1, 0.15) is 17.2 Å². The second kappa shape index (κ2) is 6.88. The van der Waals surface area contributed by atoms with Crippen LogP contribution in [0.5, 0.6) is 0 Å². The van der Waals surface area contributed by atoms with Gasteiger partial charge in [-0.15, -0.1) is 0 Å². The van der Waals surface area contributed by atoms with Crippen LogP contribution in [0.3, 0.4) is 0 Å². The number of hydrogen-bond donors (Lipinski definition) is 2. The Morgan fingerprint density at radius 3 is 2.96 bits per heavy atom. The van der Waals surface area contributed by atoms with E-state index in [1.54, 1.807) is 25.3 Å². The summed E-state index contributed by atoms with van der Waals surface area (Å²) in [5.41, 5.74) is 1.49. The average molecular weight is 345 g/mol. The molecule has 0 spiro atoms. The van der Waals surface area contributed by atoms with Crippen molar-refractivity contribution in [3.63, 3.8) is 0 Å². The molecule has 1 aromatic carbocycles. The Bertz CT molecular complexity index is 878. The van der Waals surface area contributed by atoms with E-state index in [1.165, 1.54) is 0 Å². The first-order chi connectivity index (χ1) is 11.5. The number of carbonyl (C=O) groups is 1. The molecule has 0 bridgehead atoms. The van der Waals surface area contributed by atoms with Crippen LogP contribution < -0.4 is 10.6 Å². The lowest BCUT2D eigenvalue weighted by atomic mass is 10.2. The van der Waals surface area contributed by atoms with Crippen LogP contribution in [0.25, 0.3) is 11.0 Å². The van der Waals surface area contributed by atoms with Gasteiger partial charge >= 0.3 is 6.03 Å². The van der Waals surface area contributed by atoms with Crippen molar-refractivity contribution in [1.29, 1.82) is 0 Å². The molecule has 6 nitrogen and oxygen atoms in total. The van der Waals surface area contributed by atoms with Gasteiger partial charge in [0, 0.05) is 16.6 Å². The largest absolute Gasteiger partial charge is 0.459 e. The summed E-state index contributed by atoms with van der Waals surface area (Å²) in [7, 11) is 0. The van der Waals surface area contributed by atoms with E-state index in [-0.39, 0.29) is 12.1 Å². The third kappa shape index (κ3) is 3.83. The van der Waals surface area contributed by atoms with Crippen molar-refractivity contribution < 1.29 is 9.21 Å². The number of fused-ring (bicyclic) bond motifs is 1. The fourth-order valence-corrected chi connectivity index (χ4v) is 2.52. The Labute approximate surface area is 144 Å². The highest BCUT2D eigenvalue weighted by molar-refractivity contribution is 6.31. The topological polar surface area (TPSA) is 80.0 Å². The molecule has 0 saturated heterocycles. The van der Waals surface area contributed by atoms with Gasteiger partial charge < -0.3 is 15.1 Å². The average Bonchev–Trinajstić information content (AvgIpc) is 2.96. The summed E-state index contributed by atoms with van der Waals surface area (Å²) >= 11 is 5.97. The molecule has 1 atom stereocenters. The molecule has 0 radical (unpaired) electrons. The van der Waals surface area contributed by atoms with Crippen molar-refractivity contribution >= 4 is 28.6 Å². The molecular formula is C17H17ClN4O2. The van der Waals surface area contributed by atoms with E-state index in [4.69, 9.17) is 16.0 Å². The molecule has 0 fully saturated rings. The first-order valence-corrected chi connectivity index (χ1v) is 7.91. The molecule has 2 amide bonds. The molecule has 7 heteroatoms. The highest BCUT2D eigenvalue weighted by Crippen LogP contribution is 2.26. The van der Waals surface area contributed by atoms with E-state index in [2.05, 4.69) is 20.6 Å². The molecule has 24 heavy (non-hydrogen) atoms. The third-order valence-electron chi connectivity index (χ3n) is 3.54. The molecule has 0 aliphatic rings. The number of carbonyl (C=O) groups excluding carboxylic acids is 1. The van der Waals surface area contributed by atoms with Crippen molar-refractivity contribution in [1.82, 2.24) is 20.6 Å². The van der Waals surface area contributed by atoms with Crippen LogP contribution in [0.15, 0.2) is 40.9 Å². The summed E-state index contributed by atoms with van der Waals surface area (Å²) < 4.78 is 5.74. The molecule has 124 valence electrons. The lowest BCUT2D eigenvalue weighted by Crippen LogP contribution is -2.36. The standard InChI is InChI=1S/C17H17ClN4O2/c1-10(16-8-12-7-13(18)3-4-15(12)24-16)21-17(23)20-9-14-5-6-19-11(2)22-14/h3-8,10H,9H2,1-2H3,(H2,20,21,23). The summed E-state index contributed by atoms with van der Waals surface area (Å²) in [4.78, 5) is 20.3. The zero-order valence-electron chi connectivity index (χ0n) is 13.3. The van der Waals surface area contributed by atoms with Crippen LogP contribution >= 0.6 is 11.6 Å². The molecule has 2 heterocycles. The van der Waals surface area contributed by atoms with E-state index in [9.17, 15) is 4.79 Å². The van der Waals surface area contributed by atoms with Crippen LogP contribution in [-0.2, 0) is 6.54 Å². The van der Waals surface area contributed by atoms with Gasteiger partial charge in [-0.3, -0.25) is 0 Å². The Balaban J connectivity index is 1.60. The molecule has 2 aromatic heterocycles. The molecule has 0 saturated carbocycles. The number of aromatic nitrogens is 2. The predicted molar refractivity (Wildman–Crippen MR) is 91.8 cm³/mol. The van der Waals surface area contributed by atoms with Gasteiger partial charge in [-0.25, -0.2) is 14.8 Å². The van der Waals surface area contributed by atoms with Crippen LogP contribution in [0.2, 0.25) is 5.02 Å². The minimum atomic E-state index is -0.294. The Morgan fingerprint density at radius 1 is 1.33 bits per heavy atom. The number of amides is 2. The number of nitrogens with zero attached hydrogens (tertiary/aromatic N) is 2. The van der Waals surface area contributed by atoms with Crippen molar-refractivity contribution in [3.05, 3.63) is 58.8 Å². The molecule has 0 aliphatic carbocycles. The fraction of sp³-hybridized carbons (Fsp3) is 0.235. The molecule has 3 aromatic rings. The van der Waals surface area contributed by atoms with Crippen molar-refractivity contribution in [2.75, 3.05) is 0 Å². The number of halogens is 1. The fourth-order valence-electron chi connectivity index (χ4n) is 2.34. The number of aryl methyl sites for hydroxylation is 1. The number of rotatable bonds is 4. The highest BCUT2D eigenvalue weighted by Gasteiger charge is 2.14. The summed E-state index contributed by atoms with van der Waals surface area (Å²) in [6.07, 6.45) is 1.67. The maximum Gasteiger partial charge on any atom is 0.315 e. The van der Waals surface area contributed by atoms with Crippen molar-refractivity contribution in [3.8, 4) is 0 Å². The second-order valence-electron chi connectivity index (χ2n) is 5.47. The zero-order chi connectivity index (χ0) is 17.1. The normalized spacial score (nSPS) is 12.1. The van der Waals surface area contributed by atoms with E-state index >= 15 is 0 Å². The van der Waals surface area contributed by atoms with Crippen LogP contribution in [0.4, 0.5) is 4.79 Å². The van der Waals surface area contributed by atoms with Crippen LogP contribution in [0.1, 0.15) is 30.2 Å². The molecule has 0 aliphatic heterocycles. The quantitative estimate of drug-likeness (QED) is 0.755. The number of furan rings is 1. The maximum absolute atomic E-state index is 12.0. The van der Waals surface area contributed by atoms with Gasteiger partial charge in [0.15, 0.2) is 0 Å². The van der Waals surface area contributed by atoms with Gasteiger partial charge in [0.2, 0.25) is 0 Å². The number of nitrogens with one attached hydrogen (secondary N) is 2. The monoisotopic (exact) mass is 344 g/mol. The van der Waals surface area contributed by atoms with Crippen LogP contribution in [-0.4, -0.2) is 16.0 Å². The molecule has 2 N–H and O–H groups in total.